The number of imidazole rings is 1. The molecule has 2 N–H and O–H groups in total. The summed E-state index contributed by atoms with van der Waals surface area (Å²) in [7, 11) is 0. The third-order valence-electron chi connectivity index (χ3n) is 3.97. The molecule has 0 aliphatic rings. The largest absolute Gasteiger partial charge is 0.333 e. The van der Waals surface area contributed by atoms with Gasteiger partial charge < -0.3 is 10.3 Å². The lowest BCUT2D eigenvalue weighted by Gasteiger charge is -2.06. The average molecular weight is 347 g/mol. The Kier molecular flexibility index (Phi) is 4.39. The molecule has 0 radical (unpaired) electrons. The van der Waals surface area contributed by atoms with Crippen LogP contribution in [-0.4, -0.2) is 21.6 Å². The Morgan fingerprint density at radius 3 is 2.68 bits per heavy atom. The molecule has 1 amide bonds. The molecular weight excluding hydrogens is 330 g/mol. The zero-order valence-corrected chi connectivity index (χ0v) is 14.3. The van der Waals surface area contributed by atoms with Crippen LogP contribution >= 0.6 is 11.8 Å². The Morgan fingerprint density at radius 2 is 1.80 bits per heavy atom. The fourth-order valence-electron chi connectivity index (χ4n) is 2.73. The number of amides is 1. The van der Waals surface area contributed by atoms with Crippen molar-refractivity contribution in [3.63, 3.8) is 0 Å². The molecule has 124 valence electrons. The second kappa shape index (κ2) is 6.99. The summed E-state index contributed by atoms with van der Waals surface area (Å²) in [5.74, 6) is 0.693. The van der Waals surface area contributed by atoms with Gasteiger partial charge >= 0.3 is 0 Å². The number of aromatic nitrogens is 2. The molecule has 25 heavy (non-hydrogen) atoms. The minimum atomic E-state index is 0.0129. The van der Waals surface area contributed by atoms with Gasteiger partial charge in [0.15, 0.2) is 5.16 Å². The van der Waals surface area contributed by atoms with Crippen molar-refractivity contribution in [2.45, 2.75) is 11.6 Å². The van der Waals surface area contributed by atoms with Crippen molar-refractivity contribution in [2.24, 2.45) is 0 Å². The summed E-state index contributed by atoms with van der Waals surface area (Å²) in [6.07, 6.45) is 0.439. The second-order valence-corrected chi connectivity index (χ2v) is 6.85. The number of carbonyl (C=O) groups excluding carboxylic acids is 1. The van der Waals surface area contributed by atoms with Crippen LogP contribution < -0.4 is 5.32 Å². The predicted octanol–water partition coefficient (Wildman–Crippen LogP) is 4.84. The number of H-pyrrole nitrogens is 1. The highest BCUT2D eigenvalue weighted by Gasteiger charge is 2.06. The quantitative estimate of drug-likeness (QED) is 0.508. The van der Waals surface area contributed by atoms with Crippen LogP contribution in [0.5, 0.6) is 0 Å². The number of hydrogen-bond acceptors (Lipinski definition) is 3. The van der Waals surface area contributed by atoms with Crippen molar-refractivity contribution < 1.29 is 4.79 Å². The van der Waals surface area contributed by atoms with E-state index in [1.807, 2.05) is 60.7 Å². The molecule has 0 aliphatic heterocycles. The number of fused-ring (bicyclic) bond motifs is 2. The van der Waals surface area contributed by atoms with Gasteiger partial charge in [-0.05, 0) is 35.0 Å². The van der Waals surface area contributed by atoms with Crippen LogP contribution in [0.3, 0.4) is 0 Å². The van der Waals surface area contributed by atoms with Gasteiger partial charge in [0.2, 0.25) is 5.91 Å². The summed E-state index contributed by atoms with van der Waals surface area (Å²) in [4.78, 5) is 19.9. The predicted molar refractivity (Wildman–Crippen MR) is 104 cm³/mol. The molecule has 0 saturated carbocycles. The smallest absolute Gasteiger partial charge is 0.225 e. The number of benzene rings is 3. The Hall–Kier alpha value is -2.79. The number of nitrogens with one attached hydrogen (secondary N) is 2. The Bertz CT molecular complexity index is 1010. The van der Waals surface area contributed by atoms with Gasteiger partial charge in [0.1, 0.15) is 0 Å². The van der Waals surface area contributed by atoms with Crippen LogP contribution in [0.4, 0.5) is 5.69 Å². The molecule has 0 unspecified atom stereocenters. The summed E-state index contributed by atoms with van der Waals surface area (Å²) in [6.45, 7) is 0. The maximum Gasteiger partial charge on any atom is 0.225 e. The molecule has 4 nitrogen and oxygen atoms in total. The zero-order chi connectivity index (χ0) is 17.1. The van der Waals surface area contributed by atoms with Crippen molar-refractivity contribution in [1.29, 1.82) is 0 Å². The van der Waals surface area contributed by atoms with Crippen LogP contribution in [0.25, 0.3) is 21.8 Å². The summed E-state index contributed by atoms with van der Waals surface area (Å²) < 4.78 is 0. The molecule has 1 heterocycles. The van der Waals surface area contributed by atoms with Crippen LogP contribution in [0.2, 0.25) is 0 Å². The van der Waals surface area contributed by atoms with Crippen molar-refractivity contribution in [3.8, 4) is 0 Å². The number of aromatic amines is 1. The molecule has 0 saturated heterocycles. The molecule has 5 heteroatoms. The highest BCUT2D eigenvalue weighted by Crippen LogP contribution is 2.21. The van der Waals surface area contributed by atoms with Crippen LogP contribution in [0.15, 0.2) is 71.9 Å². The van der Waals surface area contributed by atoms with Gasteiger partial charge in [-0.25, -0.2) is 4.98 Å². The van der Waals surface area contributed by atoms with E-state index >= 15 is 0 Å². The standard InChI is InChI=1S/C20H17N3OS/c24-19(21-16-10-9-14-5-1-2-6-15(14)13-16)11-12-25-20-22-17-7-3-4-8-18(17)23-20/h1-10,13H,11-12H2,(H,21,24)(H,22,23). The maximum atomic E-state index is 12.2. The first kappa shape index (κ1) is 15.7. The van der Waals surface area contributed by atoms with E-state index in [9.17, 15) is 4.79 Å². The van der Waals surface area contributed by atoms with E-state index in [1.165, 1.54) is 5.39 Å². The van der Waals surface area contributed by atoms with E-state index in [1.54, 1.807) is 11.8 Å². The number of para-hydroxylation sites is 2. The topological polar surface area (TPSA) is 57.8 Å². The molecule has 0 aliphatic carbocycles. The lowest BCUT2D eigenvalue weighted by atomic mass is 10.1. The Labute approximate surface area is 149 Å². The molecule has 1 aromatic heterocycles. The highest BCUT2D eigenvalue weighted by molar-refractivity contribution is 7.99. The van der Waals surface area contributed by atoms with Gasteiger partial charge in [0, 0.05) is 17.9 Å². The SMILES string of the molecule is O=C(CCSc1nc2ccccc2[nH]1)Nc1ccc2ccccc2c1. The number of anilines is 1. The normalized spacial score (nSPS) is 11.0. The third kappa shape index (κ3) is 3.67. The number of nitrogens with zero attached hydrogens (tertiary/aromatic N) is 1. The fraction of sp³-hybridized carbons (Fsp3) is 0.100. The maximum absolute atomic E-state index is 12.2. The Balaban J connectivity index is 1.33. The fourth-order valence-corrected chi connectivity index (χ4v) is 3.55. The number of thioether (sulfide) groups is 1. The zero-order valence-electron chi connectivity index (χ0n) is 13.5. The molecule has 0 fully saturated rings. The lowest BCUT2D eigenvalue weighted by molar-refractivity contribution is -0.115. The molecule has 0 spiro atoms. The number of carbonyl (C=O) groups is 1. The van der Waals surface area contributed by atoms with Gasteiger partial charge in [-0.1, -0.05) is 54.2 Å². The van der Waals surface area contributed by atoms with E-state index in [-0.39, 0.29) is 5.91 Å². The van der Waals surface area contributed by atoms with E-state index in [0.717, 1.165) is 27.3 Å². The van der Waals surface area contributed by atoms with Crippen LogP contribution in [0, 0.1) is 0 Å². The van der Waals surface area contributed by atoms with E-state index < -0.39 is 0 Å². The minimum Gasteiger partial charge on any atom is -0.333 e. The first-order valence-electron chi connectivity index (χ1n) is 8.14. The van der Waals surface area contributed by atoms with Crippen LogP contribution in [-0.2, 0) is 4.79 Å². The Morgan fingerprint density at radius 1 is 1.00 bits per heavy atom. The number of rotatable bonds is 5. The van der Waals surface area contributed by atoms with Crippen molar-refractivity contribution in [1.82, 2.24) is 9.97 Å². The lowest BCUT2D eigenvalue weighted by Crippen LogP contribution is -2.12. The first-order chi connectivity index (χ1) is 12.3. The van der Waals surface area contributed by atoms with Gasteiger partial charge in [0.05, 0.1) is 11.0 Å². The summed E-state index contributed by atoms with van der Waals surface area (Å²) in [5.41, 5.74) is 2.80. The van der Waals surface area contributed by atoms with Crippen molar-refractivity contribution >= 4 is 45.2 Å². The number of hydrogen-bond donors (Lipinski definition) is 2. The first-order valence-corrected chi connectivity index (χ1v) is 9.13. The van der Waals surface area contributed by atoms with E-state index in [4.69, 9.17) is 0 Å². The average Bonchev–Trinajstić information content (AvgIpc) is 3.04. The summed E-state index contributed by atoms with van der Waals surface area (Å²) in [5, 5.41) is 6.10. The molecule has 0 bridgehead atoms. The second-order valence-electron chi connectivity index (χ2n) is 5.77. The third-order valence-corrected chi connectivity index (χ3v) is 4.84. The molecule has 4 aromatic rings. The summed E-state index contributed by atoms with van der Waals surface area (Å²) >= 11 is 1.56. The van der Waals surface area contributed by atoms with Gasteiger partial charge in [0.25, 0.3) is 0 Å². The minimum absolute atomic E-state index is 0.0129. The molecular formula is C20H17N3OS. The molecule has 4 rings (SSSR count). The monoisotopic (exact) mass is 347 g/mol. The molecule has 0 atom stereocenters. The molecule has 3 aromatic carbocycles. The van der Waals surface area contributed by atoms with Crippen molar-refractivity contribution in [2.75, 3.05) is 11.1 Å². The van der Waals surface area contributed by atoms with Gasteiger partial charge in [-0.15, -0.1) is 0 Å². The highest BCUT2D eigenvalue weighted by atomic mass is 32.2. The van der Waals surface area contributed by atoms with Crippen molar-refractivity contribution in [3.05, 3.63) is 66.7 Å². The van der Waals surface area contributed by atoms with Gasteiger partial charge in [-0.2, -0.15) is 0 Å². The summed E-state index contributed by atoms with van der Waals surface area (Å²) in [6, 6.07) is 22.0. The van der Waals surface area contributed by atoms with Crippen LogP contribution in [0.1, 0.15) is 6.42 Å². The van der Waals surface area contributed by atoms with Gasteiger partial charge in [-0.3, -0.25) is 4.79 Å². The van der Waals surface area contributed by atoms with E-state index in [0.29, 0.717) is 12.2 Å². The van der Waals surface area contributed by atoms with E-state index in [2.05, 4.69) is 21.4 Å².